The number of amides is 1. The molecule has 0 radical (unpaired) electrons. The number of aryl methyl sites for hydroxylation is 1. The number of ether oxygens (including phenoxy) is 1. The predicted molar refractivity (Wildman–Crippen MR) is 125 cm³/mol. The molecule has 0 atom stereocenters. The van der Waals surface area contributed by atoms with E-state index in [1.54, 1.807) is 22.8 Å². The van der Waals surface area contributed by atoms with E-state index >= 15 is 0 Å². The minimum atomic E-state index is -0.180. The molecule has 0 aliphatic rings. The lowest BCUT2D eigenvalue weighted by molar-refractivity contribution is 0.0951. The van der Waals surface area contributed by atoms with Crippen molar-refractivity contribution >= 4 is 22.5 Å². The fraction of sp³-hybridized carbons (Fsp3) is 0.160. The van der Waals surface area contributed by atoms with Gasteiger partial charge in [-0.05, 0) is 55.8 Å². The molecular formula is C25H22N6O2. The van der Waals surface area contributed by atoms with Crippen LogP contribution >= 0.6 is 0 Å². The van der Waals surface area contributed by atoms with Crippen molar-refractivity contribution in [3.8, 4) is 17.0 Å². The second kappa shape index (κ2) is 8.66. The molecule has 0 aliphatic heterocycles. The number of nitrogens with zero attached hydrogens (tertiary/aromatic N) is 5. The zero-order valence-electron chi connectivity index (χ0n) is 18.3. The van der Waals surface area contributed by atoms with Crippen LogP contribution < -0.4 is 10.1 Å². The maximum atomic E-state index is 12.9. The van der Waals surface area contributed by atoms with Crippen molar-refractivity contribution in [2.24, 2.45) is 0 Å². The smallest absolute Gasteiger partial charge is 0.251 e. The topological polar surface area (TPSA) is 94.3 Å². The van der Waals surface area contributed by atoms with E-state index in [9.17, 15) is 4.79 Å². The van der Waals surface area contributed by atoms with Crippen molar-refractivity contribution in [3.63, 3.8) is 0 Å². The third kappa shape index (κ3) is 4.23. The molecule has 0 saturated heterocycles. The van der Waals surface area contributed by atoms with Gasteiger partial charge in [-0.1, -0.05) is 6.07 Å². The standard InChI is InChI=1S/C25H22N6O2/c1-3-33-23-12-21(18-8-9-26-16(2)10-18)30-22-11-19(5-6-20(22)23)25(32)27-13-17-4-7-24-28-15-29-31(24)14-17/h4-12,14-15H,3,13H2,1-2H3,(H,27,32). The Bertz CT molecular complexity index is 1480. The Morgan fingerprint density at radius 2 is 2.00 bits per heavy atom. The number of fused-ring (bicyclic) bond motifs is 2. The SMILES string of the molecule is CCOc1cc(-c2ccnc(C)c2)nc2cc(C(=O)NCc3ccc4ncnn4c3)ccc12. The van der Waals surface area contributed by atoms with Gasteiger partial charge >= 0.3 is 0 Å². The maximum absolute atomic E-state index is 12.9. The fourth-order valence-electron chi connectivity index (χ4n) is 3.71. The summed E-state index contributed by atoms with van der Waals surface area (Å²) in [6, 6.07) is 15.1. The normalized spacial score (nSPS) is 11.1. The molecule has 8 heteroatoms. The Kier molecular flexibility index (Phi) is 5.40. The van der Waals surface area contributed by atoms with Crippen LogP contribution in [0, 0.1) is 6.92 Å². The van der Waals surface area contributed by atoms with E-state index in [1.165, 1.54) is 6.33 Å². The molecule has 0 saturated carbocycles. The van der Waals surface area contributed by atoms with Gasteiger partial charge in [0.1, 0.15) is 12.1 Å². The maximum Gasteiger partial charge on any atom is 0.251 e. The van der Waals surface area contributed by atoms with Gasteiger partial charge in [0.25, 0.3) is 5.91 Å². The molecule has 1 aromatic carbocycles. The van der Waals surface area contributed by atoms with Crippen LogP contribution in [0.15, 0.2) is 67.3 Å². The highest BCUT2D eigenvalue weighted by molar-refractivity contribution is 5.99. The van der Waals surface area contributed by atoms with E-state index < -0.39 is 0 Å². The highest BCUT2D eigenvalue weighted by Crippen LogP contribution is 2.31. The molecule has 4 heterocycles. The summed E-state index contributed by atoms with van der Waals surface area (Å²) in [7, 11) is 0. The van der Waals surface area contributed by atoms with Gasteiger partial charge in [-0.3, -0.25) is 9.78 Å². The van der Waals surface area contributed by atoms with Crippen LogP contribution in [-0.4, -0.2) is 37.1 Å². The molecule has 8 nitrogen and oxygen atoms in total. The second-order valence-corrected chi connectivity index (χ2v) is 7.64. The number of rotatable bonds is 6. The Labute approximate surface area is 190 Å². The summed E-state index contributed by atoms with van der Waals surface area (Å²) in [6.45, 7) is 4.80. The van der Waals surface area contributed by atoms with Crippen molar-refractivity contribution in [2.45, 2.75) is 20.4 Å². The van der Waals surface area contributed by atoms with Gasteiger partial charge in [0, 0.05) is 47.2 Å². The van der Waals surface area contributed by atoms with Crippen LogP contribution in [0.3, 0.4) is 0 Å². The van der Waals surface area contributed by atoms with Gasteiger partial charge in [0.15, 0.2) is 5.65 Å². The zero-order chi connectivity index (χ0) is 22.8. The highest BCUT2D eigenvalue weighted by Gasteiger charge is 2.13. The van der Waals surface area contributed by atoms with E-state index in [1.807, 2.05) is 56.4 Å². The zero-order valence-corrected chi connectivity index (χ0v) is 18.3. The Morgan fingerprint density at radius 1 is 1.09 bits per heavy atom. The summed E-state index contributed by atoms with van der Waals surface area (Å²) < 4.78 is 7.56. The summed E-state index contributed by atoms with van der Waals surface area (Å²) in [5.41, 5.74) is 5.54. The first-order valence-electron chi connectivity index (χ1n) is 10.7. The van der Waals surface area contributed by atoms with Gasteiger partial charge in [-0.25, -0.2) is 14.5 Å². The number of pyridine rings is 3. The van der Waals surface area contributed by atoms with Crippen molar-refractivity contribution in [2.75, 3.05) is 6.61 Å². The van der Waals surface area contributed by atoms with Crippen molar-refractivity contribution in [3.05, 3.63) is 84.1 Å². The van der Waals surface area contributed by atoms with Crippen molar-refractivity contribution in [1.82, 2.24) is 29.9 Å². The fourth-order valence-corrected chi connectivity index (χ4v) is 3.71. The molecule has 33 heavy (non-hydrogen) atoms. The lowest BCUT2D eigenvalue weighted by Crippen LogP contribution is -2.23. The number of hydrogen-bond donors (Lipinski definition) is 1. The molecule has 4 aromatic heterocycles. The van der Waals surface area contributed by atoms with Crippen LogP contribution in [-0.2, 0) is 6.54 Å². The number of carbonyl (C=O) groups is 1. The van der Waals surface area contributed by atoms with E-state index in [4.69, 9.17) is 9.72 Å². The molecule has 1 N–H and O–H groups in total. The summed E-state index contributed by atoms with van der Waals surface area (Å²) in [4.78, 5) is 26.1. The monoisotopic (exact) mass is 438 g/mol. The van der Waals surface area contributed by atoms with Crippen molar-refractivity contribution in [1.29, 1.82) is 0 Å². The summed E-state index contributed by atoms with van der Waals surface area (Å²) >= 11 is 0. The number of aromatic nitrogens is 5. The first kappa shape index (κ1) is 20.6. The summed E-state index contributed by atoms with van der Waals surface area (Å²) in [5, 5.41) is 7.95. The minimum Gasteiger partial charge on any atom is -0.493 e. The third-order valence-corrected chi connectivity index (χ3v) is 5.31. The predicted octanol–water partition coefficient (Wildman–Crippen LogP) is 3.98. The molecule has 0 unspecified atom stereocenters. The van der Waals surface area contributed by atoms with Gasteiger partial charge in [0.2, 0.25) is 0 Å². The van der Waals surface area contributed by atoms with E-state index in [-0.39, 0.29) is 5.91 Å². The summed E-state index contributed by atoms with van der Waals surface area (Å²) in [5.74, 6) is 0.556. The Balaban J connectivity index is 1.44. The van der Waals surface area contributed by atoms with Crippen LogP contribution in [0.5, 0.6) is 5.75 Å². The average molecular weight is 438 g/mol. The lowest BCUT2D eigenvalue weighted by atomic mass is 10.1. The first-order chi connectivity index (χ1) is 16.1. The largest absolute Gasteiger partial charge is 0.493 e. The molecule has 5 rings (SSSR count). The van der Waals surface area contributed by atoms with E-state index in [0.29, 0.717) is 24.2 Å². The van der Waals surface area contributed by atoms with Crippen LogP contribution in [0.2, 0.25) is 0 Å². The van der Waals surface area contributed by atoms with E-state index in [0.717, 1.165) is 39.3 Å². The minimum absolute atomic E-state index is 0.180. The molecular weight excluding hydrogens is 416 g/mol. The second-order valence-electron chi connectivity index (χ2n) is 7.64. The van der Waals surface area contributed by atoms with Crippen LogP contribution in [0.1, 0.15) is 28.5 Å². The number of carbonyl (C=O) groups excluding carboxylic acids is 1. The van der Waals surface area contributed by atoms with Gasteiger partial charge in [0.05, 0.1) is 17.8 Å². The van der Waals surface area contributed by atoms with Crippen LogP contribution in [0.25, 0.3) is 27.8 Å². The lowest BCUT2D eigenvalue weighted by Gasteiger charge is -2.12. The molecule has 0 aliphatic carbocycles. The van der Waals surface area contributed by atoms with E-state index in [2.05, 4.69) is 20.4 Å². The molecule has 0 bridgehead atoms. The Morgan fingerprint density at radius 3 is 2.85 bits per heavy atom. The quantitative estimate of drug-likeness (QED) is 0.431. The van der Waals surface area contributed by atoms with Gasteiger partial charge in [-0.2, -0.15) is 5.10 Å². The third-order valence-electron chi connectivity index (χ3n) is 5.31. The van der Waals surface area contributed by atoms with Crippen LogP contribution in [0.4, 0.5) is 0 Å². The van der Waals surface area contributed by atoms with Gasteiger partial charge in [-0.15, -0.1) is 0 Å². The highest BCUT2D eigenvalue weighted by atomic mass is 16.5. The number of benzene rings is 1. The summed E-state index contributed by atoms with van der Waals surface area (Å²) in [6.07, 6.45) is 5.11. The molecule has 0 spiro atoms. The number of nitrogens with one attached hydrogen (secondary N) is 1. The first-order valence-corrected chi connectivity index (χ1v) is 10.7. The molecule has 1 amide bonds. The Hall–Kier alpha value is -4.33. The van der Waals surface area contributed by atoms with Crippen molar-refractivity contribution < 1.29 is 9.53 Å². The molecule has 0 fully saturated rings. The average Bonchev–Trinajstić information content (AvgIpc) is 3.30. The molecule has 5 aromatic rings. The van der Waals surface area contributed by atoms with Gasteiger partial charge < -0.3 is 10.1 Å². The molecule has 164 valence electrons. The number of hydrogen-bond acceptors (Lipinski definition) is 6.